The summed E-state index contributed by atoms with van der Waals surface area (Å²) in [6.07, 6.45) is 0. The second-order valence-corrected chi connectivity index (χ2v) is 8.51. The minimum absolute atomic E-state index is 0.118. The molecule has 130 valence electrons. The van der Waals surface area contributed by atoms with E-state index in [1.807, 2.05) is 30.3 Å². The van der Waals surface area contributed by atoms with Gasteiger partial charge in [-0.3, -0.25) is 0 Å². The van der Waals surface area contributed by atoms with Gasteiger partial charge in [-0.1, -0.05) is 39.7 Å². The van der Waals surface area contributed by atoms with Crippen LogP contribution < -0.4 is 9.46 Å². The quantitative estimate of drug-likeness (QED) is 0.623. The molecule has 0 radical (unpaired) electrons. The smallest absolute Gasteiger partial charge is 0.240 e. The molecule has 1 N–H and O–H groups in total. The van der Waals surface area contributed by atoms with Gasteiger partial charge >= 0.3 is 0 Å². The number of benzene rings is 3. The van der Waals surface area contributed by atoms with Crippen molar-refractivity contribution >= 4 is 48.3 Å². The summed E-state index contributed by atoms with van der Waals surface area (Å²) in [7, 11) is -2.08. The van der Waals surface area contributed by atoms with Crippen molar-refractivity contribution in [1.29, 1.82) is 0 Å². The van der Waals surface area contributed by atoms with Crippen molar-refractivity contribution in [2.24, 2.45) is 0 Å². The Balaban J connectivity index is 1.96. The summed E-state index contributed by atoms with van der Waals surface area (Å²) < 4.78 is 34.0. The predicted molar refractivity (Wildman–Crippen MR) is 104 cm³/mol. The Hall–Kier alpha value is -1.60. The molecule has 0 heterocycles. The Morgan fingerprint density at radius 1 is 1.08 bits per heavy atom. The van der Waals surface area contributed by atoms with Gasteiger partial charge in [0.2, 0.25) is 10.0 Å². The van der Waals surface area contributed by atoms with Crippen LogP contribution in [0.3, 0.4) is 0 Å². The van der Waals surface area contributed by atoms with Gasteiger partial charge in [0.25, 0.3) is 0 Å². The highest BCUT2D eigenvalue weighted by molar-refractivity contribution is 9.10. The van der Waals surface area contributed by atoms with E-state index in [2.05, 4.69) is 20.7 Å². The minimum Gasteiger partial charge on any atom is -0.496 e. The van der Waals surface area contributed by atoms with Gasteiger partial charge in [0.05, 0.1) is 12.0 Å². The molecule has 0 fully saturated rings. The summed E-state index contributed by atoms with van der Waals surface area (Å²) in [5, 5.41) is 2.41. The zero-order valence-corrected chi connectivity index (χ0v) is 16.5. The number of nitrogens with one attached hydrogen (secondary N) is 1. The van der Waals surface area contributed by atoms with E-state index in [0.717, 1.165) is 20.8 Å². The summed E-state index contributed by atoms with van der Waals surface area (Å²) in [6.45, 7) is 0.118. The van der Waals surface area contributed by atoms with E-state index in [4.69, 9.17) is 16.3 Å². The lowest BCUT2D eigenvalue weighted by Crippen LogP contribution is -2.23. The molecule has 3 aromatic carbocycles. The zero-order valence-electron chi connectivity index (χ0n) is 13.3. The average molecular weight is 441 g/mol. The summed E-state index contributed by atoms with van der Waals surface area (Å²) in [6, 6.07) is 15.7. The molecule has 7 heteroatoms. The maximum Gasteiger partial charge on any atom is 0.240 e. The Kier molecular flexibility index (Phi) is 5.34. The first-order chi connectivity index (χ1) is 11.9. The molecule has 0 saturated carbocycles. The normalized spacial score (nSPS) is 11.6. The van der Waals surface area contributed by atoms with E-state index in [9.17, 15) is 8.42 Å². The summed E-state index contributed by atoms with van der Waals surface area (Å²) in [5.41, 5.74) is 0.782. The van der Waals surface area contributed by atoms with Crippen molar-refractivity contribution in [3.8, 4) is 5.75 Å². The van der Waals surface area contributed by atoms with Crippen molar-refractivity contribution in [3.63, 3.8) is 0 Å². The molecule has 0 spiro atoms. The van der Waals surface area contributed by atoms with E-state index in [0.29, 0.717) is 10.8 Å². The molecule has 0 atom stereocenters. The van der Waals surface area contributed by atoms with Crippen LogP contribution in [-0.4, -0.2) is 15.5 Å². The summed E-state index contributed by atoms with van der Waals surface area (Å²) in [5.74, 6) is 0.633. The van der Waals surface area contributed by atoms with Crippen LogP contribution in [0, 0.1) is 0 Å². The van der Waals surface area contributed by atoms with Gasteiger partial charge in [-0.15, -0.1) is 0 Å². The minimum atomic E-state index is -3.65. The van der Waals surface area contributed by atoms with Crippen molar-refractivity contribution in [1.82, 2.24) is 4.72 Å². The van der Waals surface area contributed by atoms with Gasteiger partial charge in [0.1, 0.15) is 5.75 Å². The molecule has 0 aromatic heterocycles. The van der Waals surface area contributed by atoms with E-state index in [-0.39, 0.29) is 11.4 Å². The van der Waals surface area contributed by atoms with Crippen LogP contribution in [0.4, 0.5) is 0 Å². The van der Waals surface area contributed by atoms with Crippen LogP contribution in [0.25, 0.3) is 10.8 Å². The van der Waals surface area contributed by atoms with Gasteiger partial charge < -0.3 is 4.74 Å². The number of methoxy groups -OCH3 is 1. The molecule has 0 amide bonds. The lowest BCUT2D eigenvalue weighted by atomic mass is 10.0. The number of halogens is 2. The SMILES string of the molecule is COc1ccc2cc(Br)ccc2c1CNS(=O)(=O)c1ccc(Cl)cc1. The molecule has 0 aliphatic rings. The maximum absolute atomic E-state index is 12.5. The lowest BCUT2D eigenvalue weighted by Gasteiger charge is -2.14. The number of sulfonamides is 1. The second kappa shape index (κ2) is 7.33. The van der Waals surface area contributed by atoms with Gasteiger partial charge in [-0.05, 0) is 53.2 Å². The van der Waals surface area contributed by atoms with Gasteiger partial charge in [-0.25, -0.2) is 13.1 Å². The van der Waals surface area contributed by atoms with Crippen LogP contribution in [0.5, 0.6) is 5.75 Å². The monoisotopic (exact) mass is 439 g/mol. The molecule has 0 saturated heterocycles. The predicted octanol–water partition coefficient (Wildman–Crippen LogP) is 4.74. The highest BCUT2D eigenvalue weighted by Crippen LogP contribution is 2.30. The Bertz CT molecular complexity index is 1020. The van der Waals surface area contributed by atoms with E-state index >= 15 is 0 Å². The molecule has 25 heavy (non-hydrogen) atoms. The van der Waals surface area contributed by atoms with Crippen molar-refractivity contribution < 1.29 is 13.2 Å². The van der Waals surface area contributed by atoms with Crippen molar-refractivity contribution in [3.05, 3.63) is 69.7 Å². The largest absolute Gasteiger partial charge is 0.496 e. The first kappa shape index (κ1) is 18.2. The van der Waals surface area contributed by atoms with Gasteiger partial charge in [-0.2, -0.15) is 0 Å². The molecule has 4 nitrogen and oxygen atoms in total. The van der Waals surface area contributed by atoms with Gasteiger partial charge in [0.15, 0.2) is 0 Å². The third-order valence-electron chi connectivity index (χ3n) is 3.83. The molecular formula is C18H15BrClNO3S. The summed E-state index contributed by atoms with van der Waals surface area (Å²) >= 11 is 9.26. The van der Waals surface area contributed by atoms with Crippen molar-refractivity contribution in [2.75, 3.05) is 7.11 Å². The first-order valence-electron chi connectivity index (χ1n) is 7.41. The average Bonchev–Trinajstić information content (AvgIpc) is 2.59. The van der Waals surface area contributed by atoms with Crippen LogP contribution >= 0.6 is 27.5 Å². The fourth-order valence-corrected chi connectivity index (χ4v) is 4.08. The fraction of sp³-hybridized carbons (Fsp3) is 0.111. The van der Waals surface area contributed by atoms with Gasteiger partial charge in [0, 0.05) is 21.6 Å². The number of fused-ring (bicyclic) bond motifs is 1. The number of ether oxygens (including phenoxy) is 1. The van der Waals surface area contributed by atoms with Crippen LogP contribution in [0.1, 0.15) is 5.56 Å². The highest BCUT2D eigenvalue weighted by Gasteiger charge is 2.16. The molecule has 3 aromatic rings. The fourth-order valence-electron chi connectivity index (χ4n) is 2.58. The van der Waals surface area contributed by atoms with E-state index in [1.54, 1.807) is 19.2 Å². The molecule has 0 unspecified atom stereocenters. The highest BCUT2D eigenvalue weighted by atomic mass is 79.9. The molecular weight excluding hydrogens is 426 g/mol. The van der Waals surface area contributed by atoms with Crippen LogP contribution in [-0.2, 0) is 16.6 Å². The van der Waals surface area contributed by atoms with E-state index < -0.39 is 10.0 Å². The van der Waals surface area contributed by atoms with Crippen molar-refractivity contribution in [2.45, 2.75) is 11.4 Å². The number of hydrogen-bond donors (Lipinski definition) is 1. The Labute approximate surface area is 159 Å². The Morgan fingerprint density at radius 2 is 1.80 bits per heavy atom. The van der Waals surface area contributed by atoms with E-state index in [1.165, 1.54) is 12.1 Å². The molecule has 0 bridgehead atoms. The molecule has 0 aliphatic carbocycles. The number of rotatable bonds is 5. The molecule has 0 aliphatic heterocycles. The topological polar surface area (TPSA) is 55.4 Å². The lowest BCUT2D eigenvalue weighted by molar-refractivity contribution is 0.410. The zero-order chi connectivity index (χ0) is 18.0. The second-order valence-electron chi connectivity index (χ2n) is 5.39. The number of hydrogen-bond acceptors (Lipinski definition) is 3. The third kappa shape index (κ3) is 3.98. The maximum atomic E-state index is 12.5. The first-order valence-corrected chi connectivity index (χ1v) is 10.1. The summed E-state index contributed by atoms with van der Waals surface area (Å²) in [4.78, 5) is 0.166. The van der Waals surface area contributed by atoms with Crippen LogP contribution in [0.15, 0.2) is 64.0 Å². The third-order valence-corrected chi connectivity index (χ3v) is 6.00. The van der Waals surface area contributed by atoms with Crippen LogP contribution in [0.2, 0.25) is 5.02 Å². The Morgan fingerprint density at radius 3 is 2.48 bits per heavy atom. The molecule has 3 rings (SSSR count). The standard InChI is InChI=1S/C18H15BrClNO3S/c1-24-18-9-2-12-10-13(19)3-8-16(12)17(18)11-21-25(22,23)15-6-4-14(20)5-7-15/h2-10,21H,11H2,1H3.